The van der Waals surface area contributed by atoms with Crippen LogP contribution in [0, 0.1) is 12.3 Å². The zero-order valence-corrected chi connectivity index (χ0v) is 9.14. The van der Waals surface area contributed by atoms with E-state index in [0.717, 1.165) is 0 Å². The Bertz CT molecular complexity index is 582. The molecule has 6 nitrogen and oxygen atoms in total. The predicted octanol–water partition coefficient (Wildman–Crippen LogP) is 2.46. The third kappa shape index (κ3) is 2.13. The molecular formula is C11H10N5O+. The van der Waals surface area contributed by atoms with Gasteiger partial charge in [-0.1, -0.05) is 18.2 Å². The van der Waals surface area contributed by atoms with Gasteiger partial charge in [-0.05, 0) is 19.1 Å². The van der Waals surface area contributed by atoms with Crippen molar-refractivity contribution in [3.63, 3.8) is 0 Å². The number of carbonyl (C=O) groups is 1. The van der Waals surface area contributed by atoms with E-state index in [1.54, 1.807) is 31.2 Å². The Kier molecular flexibility index (Phi) is 2.83. The lowest BCUT2D eigenvalue weighted by Gasteiger charge is -1.99. The first-order valence-corrected chi connectivity index (χ1v) is 4.99. The number of nitrogens with one attached hydrogen (secondary N) is 2. The lowest BCUT2D eigenvalue weighted by Crippen LogP contribution is -2.11. The highest BCUT2D eigenvalue weighted by molar-refractivity contribution is 6.05. The minimum Gasteiger partial charge on any atom is -0.298 e. The summed E-state index contributed by atoms with van der Waals surface area (Å²) in [6, 6.07) is 8.73. The van der Waals surface area contributed by atoms with Crippen molar-refractivity contribution in [2.75, 3.05) is 5.32 Å². The third-order valence-corrected chi connectivity index (χ3v) is 2.28. The van der Waals surface area contributed by atoms with Crippen molar-refractivity contribution < 1.29 is 4.79 Å². The number of benzene rings is 1. The monoisotopic (exact) mass is 228 g/mol. The van der Waals surface area contributed by atoms with E-state index >= 15 is 0 Å². The van der Waals surface area contributed by atoms with Gasteiger partial charge in [0.05, 0.1) is 0 Å². The minimum atomic E-state index is -0.304. The van der Waals surface area contributed by atoms with E-state index < -0.39 is 0 Å². The van der Waals surface area contributed by atoms with Crippen LogP contribution in [-0.4, -0.2) is 16.1 Å². The molecule has 0 saturated heterocycles. The summed E-state index contributed by atoms with van der Waals surface area (Å²) in [4.78, 5) is 14.9. The average molecular weight is 228 g/mol. The smallest absolute Gasteiger partial charge is 0.298 e. The van der Waals surface area contributed by atoms with Gasteiger partial charge in [-0.3, -0.25) is 15.2 Å². The van der Waals surface area contributed by atoms with Crippen LogP contribution in [-0.2, 0) is 0 Å². The Morgan fingerprint density at radius 2 is 2.12 bits per heavy atom. The van der Waals surface area contributed by atoms with Gasteiger partial charge >= 0.3 is 5.69 Å². The highest BCUT2D eigenvalue weighted by Gasteiger charge is 2.23. The molecule has 6 heteroatoms. The minimum absolute atomic E-state index is 0.207. The molecular weight excluding hydrogens is 218 g/mol. The number of carbonyl (C=O) groups excluding carboxylic acids is 1. The van der Waals surface area contributed by atoms with Crippen molar-refractivity contribution in [3.8, 4) is 0 Å². The van der Waals surface area contributed by atoms with Gasteiger partial charge in [0.2, 0.25) is 5.39 Å². The molecule has 1 heterocycles. The van der Waals surface area contributed by atoms with Crippen LogP contribution in [0.15, 0.2) is 30.3 Å². The van der Waals surface area contributed by atoms with Gasteiger partial charge in [-0.25, -0.2) is 0 Å². The van der Waals surface area contributed by atoms with Crippen LogP contribution in [0.3, 0.4) is 0 Å². The molecule has 1 aromatic heterocycles. The van der Waals surface area contributed by atoms with Gasteiger partial charge in [0.25, 0.3) is 11.7 Å². The molecule has 0 bridgehead atoms. The van der Waals surface area contributed by atoms with Crippen molar-refractivity contribution in [1.29, 1.82) is 5.39 Å². The van der Waals surface area contributed by atoms with Crippen LogP contribution in [0.2, 0.25) is 0 Å². The van der Waals surface area contributed by atoms with Crippen LogP contribution < -0.4 is 5.32 Å². The number of hydrogen-bond donors (Lipinski definition) is 2. The lowest BCUT2D eigenvalue weighted by atomic mass is 10.2. The number of H-pyrrole nitrogens is 1. The summed E-state index contributed by atoms with van der Waals surface area (Å²) < 4.78 is 0. The highest BCUT2D eigenvalue weighted by atomic mass is 16.1. The maximum absolute atomic E-state index is 11.8. The summed E-state index contributed by atoms with van der Waals surface area (Å²) in [5, 5.41) is 17.8. The molecule has 0 aliphatic heterocycles. The zero-order valence-electron chi connectivity index (χ0n) is 9.14. The van der Waals surface area contributed by atoms with Crippen LogP contribution in [0.4, 0.5) is 11.5 Å². The second-order valence-corrected chi connectivity index (χ2v) is 3.47. The van der Waals surface area contributed by atoms with E-state index in [9.17, 15) is 4.79 Å². The average Bonchev–Trinajstić information content (AvgIpc) is 2.71. The van der Waals surface area contributed by atoms with Crippen molar-refractivity contribution in [3.05, 3.63) is 46.6 Å². The Morgan fingerprint density at radius 3 is 2.76 bits per heavy atom. The molecule has 2 N–H and O–H groups in total. The molecule has 0 unspecified atom stereocenters. The number of hydrogen-bond acceptors (Lipinski definition) is 3. The molecule has 0 fully saturated rings. The van der Waals surface area contributed by atoms with E-state index in [1.807, 2.05) is 6.07 Å². The molecule has 2 aromatic rings. The topological polar surface area (TPSA) is 85.9 Å². The number of nitrogens with zero attached hydrogens (tertiary/aromatic N) is 3. The Hall–Kier alpha value is -2.68. The number of diazo groups is 1. The summed E-state index contributed by atoms with van der Waals surface area (Å²) in [5.74, 6) is -0.0964. The highest BCUT2D eigenvalue weighted by Crippen LogP contribution is 2.26. The fourth-order valence-corrected chi connectivity index (χ4v) is 1.40. The maximum Gasteiger partial charge on any atom is 0.449 e. The molecule has 1 amide bonds. The molecule has 0 aliphatic rings. The fourth-order valence-electron chi connectivity index (χ4n) is 1.40. The fraction of sp³-hybridized carbons (Fsp3) is 0.0909. The van der Waals surface area contributed by atoms with E-state index in [-0.39, 0.29) is 17.4 Å². The quantitative estimate of drug-likeness (QED) is 0.774. The Labute approximate surface area is 97.3 Å². The van der Waals surface area contributed by atoms with Crippen LogP contribution in [0.25, 0.3) is 4.98 Å². The van der Waals surface area contributed by atoms with Gasteiger partial charge in [0.1, 0.15) is 5.69 Å². The zero-order chi connectivity index (χ0) is 12.3. The summed E-state index contributed by atoms with van der Waals surface area (Å²) in [6.45, 7) is 1.69. The maximum atomic E-state index is 11.8. The van der Waals surface area contributed by atoms with Crippen molar-refractivity contribution >= 4 is 17.4 Å². The number of aromatic nitrogens is 2. The van der Waals surface area contributed by atoms with Gasteiger partial charge in [-0.2, -0.15) is 0 Å². The third-order valence-electron chi connectivity index (χ3n) is 2.28. The molecule has 2 rings (SSSR count). The number of anilines is 1. The molecule has 84 valence electrons. The molecule has 1 aromatic carbocycles. The van der Waals surface area contributed by atoms with E-state index in [2.05, 4.69) is 20.5 Å². The van der Waals surface area contributed by atoms with Crippen LogP contribution in [0.1, 0.15) is 16.1 Å². The second-order valence-electron chi connectivity index (χ2n) is 3.47. The molecule has 0 aliphatic carbocycles. The van der Waals surface area contributed by atoms with Crippen molar-refractivity contribution in [1.82, 2.24) is 10.2 Å². The van der Waals surface area contributed by atoms with Crippen molar-refractivity contribution in [2.45, 2.75) is 6.92 Å². The number of aromatic amines is 1. The van der Waals surface area contributed by atoms with Gasteiger partial charge < -0.3 is 0 Å². The van der Waals surface area contributed by atoms with Gasteiger partial charge in [0.15, 0.2) is 4.98 Å². The number of rotatable bonds is 2. The van der Waals surface area contributed by atoms with Crippen molar-refractivity contribution in [2.24, 2.45) is 0 Å². The lowest BCUT2D eigenvalue weighted by molar-refractivity contribution is 0.102. The normalized spacial score (nSPS) is 9.65. The summed E-state index contributed by atoms with van der Waals surface area (Å²) in [5.41, 5.74) is 1.32. The van der Waals surface area contributed by atoms with E-state index in [4.69, 9.17) is 5.39 Å². The van der Waals surface area contributed by atoms with E-state index in [1.165, 1.54) is 0 Å². The SMILES string of the molecule is Cc1[nH]nc(NC(=O)c2ccccc2)c1[N+]#N. The Balaban J connectivity index is 2.23. The molecule has 17 heavy (non-hydrogen) atoms. The standard InChI is InChI=1S/C11H9N5O/c1-7-9(14-12)10(16-15-7)13-11(17)8-5-3-2-4-6-8/h2-6,12H,1H3/p+1. The molecule has 0 atom stereocenters. The first-order chi connectivity index (χ1) is 8.22. The summed E-state index contributed by atoms with van der Waals surface area (Å²) in [7, 11) is 0. The van der Waals surface area contributed by atoms with Crippen LogP contribution in [0.5, 0.6) is 0 Å². The molecule has 0 saturated carbocycles. The first-order valence-electron chi connectivity index (χ1n) is 4.99. The number of amides is 1. The van der Waals surface area contributed by atoms with Crippen LogP contribution >= 0.6 is 0 Å². The molecule has 0 radical (unpaired) electrons. The predicted molar refractivity (Wildman–Crippen MR) is 62.5 cm³/mol. The second kappa shape index (κ2) is 4.45. The summed E-state index contributed by atoms with van der Waals surface area (Å²) in [6.07, 6.45) is 0. The largest absolute Gasteiger partial charge is 0.449 e. The van der Waals surface area contributed by atoms with Gasteiger partial charge in [-0.15, -0.1) is 5.10 Å². The number of aryl methyl sites for hydroxylation is 1. The Morgan fingerprint density at radius 1 is 1.41 bits per heavy atom. The van der Waals surface area contributed by atoms with E-state index in [0.29, 0.717) is 11.3 Å². The first kappa shape index (κ1) is 10.8. The van der Waals surface area contributed by atoms with Gasteiger partial charge in [0, 0.05) is 5.56 Å². The summed E-state index contributed by atoms with van der Waals surface area (Å²) >= 11 is 0. The molecule has 0 spiro atoms.